The van der Waals surface area contributed by atoms with Crippen molar-refractivity contribution in [2.24, 2.45) is 0 Å². The summed E-state index contributed by atoms with van der Waals surface area (Å²) in [6.07, 6.45) is 4.48. The van der Waals surface area contributed by atoms with Gasteiger partial charge in [0.1, 0.15) is 5.75 Å². The van der Waals surface area contributed by atoms with Gasteiger partial charge in [0.15, 0.2) is 0 Å². The Morgan fingerprint density at radius 2 is 1.70 bits per heavy atom. The van der Waals surface area contributed by atoms with Crippen molar-refractivity contribution < 1.29 is 9.53 Å². The molecule has 144 valence electrons. The van der Waals surface area contributed by atoms with Crippen molar-refractivity contribution in [1.29, 1.82) is 0 Å². The molecule has 1 fully saturated rings. The second-order valence-corrected chi connectivity index (χ2v) is 7.71. The molecule has 0 atom stereocenters. The average Bonchev–Trinajstić information content (AvgIpc) is 2.73. The molecule has 2 aromatic carbocycles. The van der Waals surface area contributed by atoms with E-state index in [1.54, 1.807) is 7.11 Å². The molecule has 3 rings (SSSR count). The van der Waals surface area contributed by atoms with E-state index >= 15 is 0 Å². The van der Waals surface area contributed by atoms with Gasteiger partial charge < -0.3 is 15.0 Å². The molecular formula is C23H30N2O2. The van der Waals surface area contributed by atoms with Crippen LogP contribution < -0.4 is 10.1 Å². The second kappa shape index (κ2) is 8.57. The number of rotatable bonds is 6. The van der Waals surface area contributed by atoms with E-state index in [9.17, 15) is 4.79 Å². The minimum absolute atomic E-state index is 0.0212. The molecule has 1 aliphatic carbocycles. The quantitative estimate of drug-likeness (QED) is 0.837. The average molecular weight is 367 g/mol. The molecule has 0 heterocycles. The lowest BCUT2D eigenvalue weighted by Crippen LogP contribution is -2.54. The van der Waals surface area contributed by atoms with Crippen LogP contribution >= 0.6 is 0 Å². The molecule has 4 nitrogen and oxygen atoms in total. The normalized spacial score (nSPS) is 22.4. The number of carbonyl (C=O) groups excluding carboxylic acids is 1. The van der Waals surface area contributed by atoms with Crippen molar-refractivity contribution in [2.45, 2.75) is 37.1 Å². The fourth-order valence-corrected chi connectivity index (χ4v) is 4.09. The molecule has 0 unspecified atom stereocenters. The number of carbonyl (C=O) groups is 1. The highest BCUT2D eigenvalue weighted by Gasteiger charge is 2.37. The molecule has 0 radical (unpaired) electrons. The molecule has 0 spiro atoms. The lowest BCUT2D eigenvalue weighted by atomic mass is 9.73. The first kappa shape index (κ1) is 19.4. The number of nitrogens with one attached hydrogen (secondary N) is 1. The molecule has 27 heavy (non-hydrogen) atoms. The first-order valence-electron chi connectivity index (χ1n) is 9.69. The van der Waals surface area contributed by atoms with Crippen LogP contribution in [-0.4, -0.2) is 44.1 Å². The minimum Gasteiger partial charge on any atom is -0.497 e. The molecule has 1 amide bonds. The number of methoxy groups -OCH3 is 1. The van der Waals surface area contributed by atoms with Gasteiger partial charge in [-0.25, -0.2) is 0 Å². The first-order valence-corrected chi connectivity index (χ1v) is 9.69. The maximum atomic E-state index is 12.6. The van der Waals surface area contributed by atoms with E-state index in [1.165, 1.54) is 5.56 Å². The van der Waals surface area contributed by atoms with Gasteiger partial charge in [-0.3, -0.25) is 4.79 Å². The fraction of sp³-hybridized carbons (Fsp3) is 0.435. The summed E-state index contributed by atoms with van der Waals surface area (Å²) in [7, 11) is 5.88. The van der Waals surface area contributed by atoms with Crippen molar-refractivity contribution >= 4 is 5.91 Å². The summed E-state index contributed by atoms with van der Waals surface area (Å²) in [6.45, 7) is 0.673. The van der Waals surface area contributed by atoms with E-state index < -0.39 is 0 Å². The van der Waals surface area contributed by atoms with Gasteiger partial charge in [-0.15, -0.1) is 0 Å². The number of ether oxygens (including phenoxy) is 1. The second-order valence-electron chi connectivity index (χ2n) is 7.71. The van der Waals surface area contributed by atoms with Crippen molar-refractivity contribution in [2.75, 3.05) is 27.7 Å². The Bertz CT molecular complexity index is 733. The van der Waals surface area contributed by atoms with Crippen molar-refractivity contribution in [3.05, 3.63) is 65.7 Å². The Labute approximate surface area is 162 Å². The Morgan fingerprint density at radius 1 is 1.07 bits per heavy atom. The Morgan fingerprint density at radius 3 is 2.26 bits per heavy atom. The van der Waals surface area contributed by atoms with Crippen LogP contribution in [0.15, 0.2) is 54.6 Å². The van der Waals surface area contributed by atoms with Crippen molar-refractivity contribution in [1.82, 2.24) is 10.2 Å². The lowest BCUT2D eigenvalue weighted by molar-refractivity contribution is 0.0769. The molecule has 2 aromatic rings. The van der Waals surface area contributed by atoms with E-state index in [0.29, 0.717) is 18.0 Å². The van der Waals surface area contributed by atoms with Gasteiger partial charge in [0.2, 0.25) is 0 Å². The van der Waals surface area contributed by atoms with Crippen LogP contribution in [0.1, 0.15) is 47.5 Å². The predicted octanol–water partition coefficient (Wildman–Crippen LogP) is 4.08. The van der Waals surface area contributed by atoms with Gasteiger partial charge in [0.25, 0.3) is 5.91 Å². The van der Waals surface area contributed by atoms with Crippen LogP contribution in [0, 0.1) is 0 Å². The van der Waals surface area contributed by atoms with E-state index in [-0.39, 0.29) is 11.4 Å². The third-order valence-corrected chi connectivity index (χ3v) is 6.07. The third-order valence-electron chi connectivity index (χ3n) is 6.07. The molecule has 0 aliphatic heterocycles. The van der Waals surface area contributed by atoms with Crippen LogP contribution in [0.2, 0.25) is 0 Å². The molecule has 4 heteroatoms. The van der Waals surface area contributed by atoms with Gasteiger partial charge in [0.05, 0.1) is 7.11 Å². The van der Waals surface area contributed by atoms with E-state index in [4.69, 9.17) is 4.74 Å². The maximum absolute atomic E-state index is 12.6. The zero-order chi connectivity index (χ0) is 19.3. The van der Waals surface area contributed by atoms with Crippen LogP contribution in [0.25, 0.3) is 0 Å². The van der Waals surface area contributed by atoms with Crippen molar-refractivity contribution in [3.63, 3.8) is 0 Å². The Hall–Kier alpha value is -2.33. The molecule has 1 saturated carbocycles. The van der Waals surface area contributed by atoms with Crippen LogP contribution in [0.3, 0.4) is 0 Å². The van der Waals surface area contributed by atoms with E-state index in [1.807, 2.05) is 24.3 Å². The van der Waals surface area contributed by atoms with Crippen LogP contribution in [0.4, 0.5) is 0 Å². The Kier molecular flexibility index (Phi) is 6.17. The molecule has 0 aromatic heterocycles. The first-order chi connectivity index (χ1) is 13.0. The SMILES string of the molecule is COc1ccc(C(=O)NCC2(N(C)C)CCC(c3ccccc3)CC2)cc1. The highest BCUT2D eigenvalue weighted by atomic mass is 16.5. The van der Waals surface area contributed by atoms with Gasteiger partial charge >= 0.3 is 0 Å². The van der Waals surface area contributed by atoms with E-state index in [0.717, 1.165) is 31.4 Å². The number of hydrogen-bond acceptors (Lipinski definition) is 3. The van der Waals surface area contributed by atoms with Crippen LogP contribution in [0.5, 0.6) is 5.75 Å². The lowest BCUT2D eigenvalue weighted by Gasteiger charge is -2.45. The molecule has 1 aliphatic rings. The zero-order valence-electron chi connectivity index (χ0n) is 16.6. The van der Waals surface area contributed by atoms with Gasteiger partial charge in [-0.1, -0.05) is 30.3 Å². The zero-order valence-corrected chi connectivity index (χ0v) is 16.6. The molecule has 0 bridgehead atoms. The standard InChI is InChI=1S/C23H30N2O2/c1-25(2)23(15-13-19(14-16-23)18-7-5-4-6-8-18)17-24-22(26)20-9-11-21(27-3)12-10-20/h4-12,19H,13-17H2,1-3H3,(H,24,26). The largest absolute Gasteiger partial charge is 0.497 e. The summed E-state index contributed by atoms with van der Waals surface area (Å²) >= 11 is 0. The Balaban J connectivity index is 1.61. The van der Waals surface area contributed by atoms with Crippen molar-refractivity contribution in [3.8, 4) is 5.75 Å². The maximum Gasteiger partial charge on any atom is 0.251 e. The number of hydrogen-bond donors (Lipinski definition) is 1. The monoisotopic (exact) mass is 366 g/mol. The summed E-state index contributed by atoms with van der Waals surface area (Å²) in [5.41, 5.74) is 2.13. The topological polar surface area (TPSA) is 41.6 Å². The highest BCUT2D eigenvalue weighted by molar-refractivity contribution is 5.94. The summed E-state index contributed by atoms with van der Waals surface area (Å²) in [5, 5.41) is 3.16. The van der Waals surface area contributed by atoms with Gasteiger partial charge in [-0.2, -0.15) is 0 Å². The fourth-order valence-electron chi connectivity index (χ4n) is 4.09. The third kappa shape index (κ3) is 4.51. The smallest absolute Gasteiger partial charge is 0.251 e. The highest BCUT2D eigenvalue weighted by Crippen LogP contribution is 2.40. The number of nitrogens with zero attached hydrogens (tertiary/aromatic N) is 1. The molecule has 0 saturated heterocycles. The summed E-state index contributed by atoms with van der Waals surface area (Å²) < 4.78 is 5.16. The van der Waals surface area contributed by atoms with Gasteiger partial charge in [-0.05, 0) is 75.5 Å². The van der Waals surface area contributed by atoms with E-state index in [2.05, 4.69) is 54.6 Å². The number of benzene rings is 2. The molecular weight excluding hydrogens is 336 g/mol. The van der Waals surface area contributed by atoms with Gasteiger partial charge in [0, 0.05) is 17.6 Å². The van der Waals surface area contributed by atoms with Crippen LogP contribution in [-0.2, 0) is 0 Å². The number of amides is 1. The summed E-state index contributed by atoms with van der Waals surface area (Å²) in [6, 6.07) is 18.0. The predicted molar refractivity (Wildman–Crippen MR) is 109 cm³/mol. The number of likely N-dealkylation sites (N-methyl/N-ethyl adjacent to an activating group) is 1. The summed E-state index contributed by atoms with van der Waals surface area (Å²) in [4.78, 5) is 14.9. The minimum atomic E-state index is -0.0240. The molecule has 1 N–H and O–H groups in total. The summed E-state index contributed by atoms with van der Waals surface area (Å²) in [5.74, 6) is 1.36.